The first-order chi connectivity index (χ1) is 13.7. The van der Waals surface area contributed by atoms with Crippen LogP contribution in [0.2, 0.25) is 0 Å². The van der Waals surface area contributed by atoms with Crippen molar-refractivity contribution in [2.75, 3.05) is 0 Å². The van der Waals surface area contributed by atoms with Crippen LogP contribution in [0, 0.1) is 18.3 Å². The van der Waals surface area contributed by atoms with Gasteiger partial charge in [-0.1, -0.05) is 30.3 Å². The summed E-state index contributed by atoms with van der Waals surface area (Å²) in [6.07, 6.45) is 3.56. The van der Waals surface area contributed by atoms with Crippen molar-refractivity contribution in [2.45, 2.75) is 6.92 Å². The fourth-order valence-electron chi connectivity index (χ4n) is 3.17. The van der Waals surface area contributed by atoms with Crippen molar-refractivity contribution in [1.29, 1.82) is 5.26 Å². The number of aromatic nitrogens is 2. The van der Waals surface area contributed by atoms with E-state index < -0.39 is 0 Å². The second-order valence-electron chi connectivity index (χ2n) is 6.56. The molecule has 0 fully saturated rings. The number of hydrogen-bond acceptors (Lipinski definition) is 3. The van der Waals surface area contributed by atoms with Gasteiger partial charge in [-0.25, -0.2) is 0 Å². The van der Waals surface area contributed by atoms with Crippen LogP contribution in [0.5, 0.6) is 0 Å². The molecule has 4 nitrogen and oxygen atoms in total. The molecule has 0 spiro atoms. The minimum atomic E-state index is -0.115. The summed E-state index contributed by atoms with van der Waals surface area (Å²) in [4.78, 5) is 16.9. The first kappa shape index (κ1) is 17.4. The Bertz CT molecular complexity index is 1250. The molecule has 4 rings (SSSR count). The van der Waals surface area contributed by atoms with Gasteiger partial charge in [-0.3, -0.25) is 14.3 Å². The highest BCUT2D eigenvalue weighted by atomic mass is 16.1. The van der Waals surface area contributed by atoms with Gasteiger partial charge in [-0.2, -0.15) is 5.26 Å². The molecule has 28 heavy (non-hydrogen) atoms. The van der Waals surface area contributed by atoms with Gasteiger partial charge >= 0.3 is 0 Å². The van der Waals surface area contributed by atoms with Gasteiger partial charge in [0.05, 0.1) is 17.3 Å². The van der Waals surface area contributed by atoms with Gasteiger partial charge in [0.2, 0.25) is 0 Å². The monoisotopic (exact) mass is 363 g/mol. The zero-order valence-electron chi connectivity index (χ0n) is 15.3. The number of nitrogens with zero attached hydrogens (tertiary/aromatic N) is 3. The summed E-state index contributed by atoms with van der Waals surface area (Å²) in [5.74, 6) is 0. The average molecular weight is 363 g/mol. The van der Waals surface area contributed by atoms with E-state index in [-0.39, 0.29) is 5.56 Å². The van der Waals surface area contributed by atoms with Crippen molar-refractivity contribution >= 4 is 0 Å². The van der Waals surface area contributed by atoms with E-state index in [1.807, 2.05) is 67.7 Å². The summed E-state index contributed by atoms with van der Waals surface area (Å²) in [5, 5.41) is 9.51. The van der Waals surface area contributed by atoms with Crippen LogP contribution in [-0.2, 0) is 0 Å². The molecule has 2 heterocycles. The van der Waals surface area contributed by atoms with E-state index in [2.05, 4.69) is 11.1 Å². The van der Waals surface area contributed by atoms with E-state index in [4.69, 9.17) is 0 Å². The summed E-state index contributed by atoms with van der Waals surface area (Å²) in [6, 6.07) is 24.6. The van der Waals surface area contributed by atoms with Crippen molar-refractivity contribution in [3.63, 3.8) is 0 Å². The topological polar surface area (TPSA) is 58.7 Å². The molecule has 0 radical (unpaired) electrons. The Morgan fingerprint density at radius 3 is 2.46 bits per heavy atom. The summed E-state index contributed by atoms with van der Waals surface area (Å²) < 4.78 is 1.59. The predicted octanol–water partition coefficient (Wildman–Crippen LogP) is 4.75. The maximum atomic E-state index is 12.4. The van der Waals surface area contributed by atoms with Gasteiger partial charge in [0, 0.05) is 29.7 Å². The van der Waals surface area contributed by atoms with Crippen LogP contribution in [0.4, 0.5) is 0 Å². The molecule has 0 amide bonds. The number of aryl methyl sites for hydroxylation is 1. The Kier molecular flexibility index (Phi) is 4.57. The first-order valence-corrected chi connectivity index (χ1v) is 8.91. The Hall–Kier alpha value is -3.97. The SMILES string of the molecule is Cc1ccc(-c2cc(-c3ccccc3C#N)cc(-n3ccccc3=O)c2)nc1. The molecular formula is C24H17N3O. The second-order valence-corrected chi connectivity index (χ2v) is 6.56. The summed E-state index contributed by atoms with van der Waals surface area (Å²) in [5.41, 5.74) is 5.66. The van der Waals surface area contributed by atoms with Crippen LogP contribution >= 0.6 is 0 Å². The molecule has 0 aliphatic carbocycles. The molecule has 134 valence electrons. The van der Waals surface area contributed by atoms with Crippen molar-refractivity contribution in [3.05, 3.63) is 107 Å². The standard InChI is InChI=1S/C24H17N3O/c1-17-9-10-23(26-16-17)20-12-19(22-7-3-2-6-18(22)15-25)13-21(14-20)27-11-5-4-8-24(27)28/h2-14,16H,1H3. The maximum absolute atomic E-state index is 12.4. The molecule has 0 aliphatic rings. The van der Waals surface area contributed by atoms with E-state index >= 15 is 0 Å². The van der Waals surface area contributed by atoms with E-state index in [0.717, 1.165) is 33.6 Å². The normalized spacial score (nSPS) is 10.4. The van der Waals surface area contributed by atoms with Crippen LogP contribution in [0.3, 0.4) is 0 Å². The fraction of sp³-hybridized carbons (Fsp3) is 0.0417. The Balaban J connectivity index is 1.99. The van der Waals surface area contributed by atoms with E-state index in [1.165, 1.54) is 6.07 Å². The lowest BCUT2D eigenvalue weighted by molar-refractivity contribution is 0.991. The van der Waals surface area contributed by atoms with E-state index in [9.17, 15) is 10.1 Å². The molecule has 0 bridgehead atoms. The summed E-state index contributed by atoms with van der Waals surface area (Å²) in [6.45, 7) is 1.99. The highest BCUT2D eigenvalue weighted by molar-refractivity contribution is 5.78. The third-order valence-electron chi connectivity index (χ3n) is 4.58. The molecule has 0 aliphatic heterocycles. The third-order valence-corrected chi connectivity index (χ3v) is 4.58. The Labute approximate surface area is 163 Å². The van der Waals surface area contributed by atoms with Gasteiger partial charge in [-0.05, 0) is 60.0 Å². The second kappa shape index (κ2) is 7.34. The van der Waals surface area contributed by atoms with Crippen molar-refractivity contribution in [1.82, 2.24) is 9.55 Å². The number of rotatable bonds is 3. The fourth-order valence-corrected chi connectivity index (χ4v) is 3.17. The molecule has 4 aromatic rings. The first-order valence-electron chi connectivity index (χ1n) is 8.91. The van der Waals surface area contributed by atoms with Crippen molar-refractivity contribution < 1.29 is 0 Å². The number of benzene rings is 2. The van der Waals surface area contributed by atoms with Crippen molar-refractivity contribution in [3.8, 4) is 34.1 Å². The molecule has 0 unspecified atom stereocenters. The number of nitriles is 1. The van der Waals surface area contributed by atoms with Gasteiger partial charge in [-0.15, -0.1) is 0 Å². The highest BCUT2D eigenvalue weighted by Gasteiger charge is 2.11. The number of hydrogen-bond donors (Lipinski definition) is 0. The Morgan fingerprint density at radius 1 is 0.929 bits per heavy atom. The van der Waals surface area contributed by atoms with Crippen LogP contribution in [0.25, 0.3) is 28.1 Å². The zero-order chi connectivity index (χ0) is 19.5. The zero-order valence-corrected chi connectivity index (χ0v) is 15.3. The summed E-state index contributed by atoms with van der Waals surface area (Å²) >= 11 is 0. The van der Waals surface area contributed by atoms with Crippen LogP contribution in [0.15, 0.2) is 90.0 Å². The molecule has 0 saturated heterocycles. The van der Waals surface area contributed by atoms with Crippen molar-refractivity contribution in [2.24, 2.45) is 0 Å². The number of pyridine rings is 2. The summed E-state index contributed by atoms with van der Waals surface area (Å²) in [7, 11) is 0. The quantitative estimate of drug-likeness (QED) is 0.528. The lowest BCUT2D eigenvalue weighted by Crippen LogP contribution is -2.15. The largest absolute Gasteiger partial charge is 0.284 e. The average Bonchev–Trinajstić information content (AvgIpc) is 2.74. The van der Waals surface area contributed by atoms with Crippen LogP contribution in [-0.4, -0.2) is 9.55 Å². The lowest BCUT2D eigenvalue weighted by Gasteiger charge is -2.13. The smallest absolute Gasteiger partial charge is 0.255 e. The molecular weight excluding hydrogens is 346 g/mol. The van der Waals surface area contributed by atoms with Crippen LogP contribution < -0.4 is 5.56 Å². The molecule has 2 aromatic heterocycles. The van der Waals surface area contributed by atoms with Crippen LogP contribution in [0.1, 0.15) is 11.1 Å². The minimum Gasteiger partial charge on any atom is -0.284 e. The predicted molar refractivity (Wildman–Crippen MR) is 110 cm³/mol. The highest BCUT2D eigenvalue weighted by Crippen LogP contribution is 2.30. The molecule has 4 heteroatoms. The molecule has 0 atom stereocenters. The molecule has 2 aromatic carbocycles. The lowest BCUT2D eigenvalue weighted by atomic mass is 9.96. The van der Waals surface area contributed by atoms with E-state index in [0.29, 0.717) is 5.56 Å². The van der Waals surface area contributed by atoms with E-state index in [1.54, 1.807) is 22.9 Å². The maximum Gasteiger partial charge on any atom is 0.255 e. The Morgan fingerprint density at radius 2 is 1.71 bits per heavy atom. The van der Waals surface area contributed by atoms with Gasteiger partial charge < -0.3 is 0 Å². The molecule has 0 saturated carbocycles. The van der Waals surface area contributed by atoms with Gasteiger partial charge in [0.1, 0.15) is 0 Å². The van der Waals surface area contributed by atoms with Gasteiger partial charge in [0.15, 0.2) is 0 Å². The minimum absolute atomic E-state index is 0.115. The molecule has 0 N–H and O–H groups in total. The third kappa shape index (κ3) is 3.34. The van der Waals surface area contributed by atoms with Gasteiger partial charge in [0.25, 0.3) is 5.56 Å².